The number of carbonyl (C=O) groups excluding carboxylic acids is 1. The van der Waals surface area contributed by atoms with Crippen molar-refractivity contribution in [3.8, 4) is 0 Å². The van der Waals surface area contributed by atoms with E-state index in [9.17, 15) is 4.79 Å². The van der Waals surface area contributed by atoms with Gasteiger partial charge in [0.2, 0.25) is 5.91 Å². The lowest BCUT2D eigenvalue weighted by molar-refractivity contribution is -0.122. The van der Waals surface area contributed by atoms with Crippen molar-refractivity contribution in [1.29, 1.82) is 0 Å². The molecule has 1 fully saturated rings. The van der Waals surface area contributed by atoms with Gasteiger partial charge in [-0.1, -0.05) is 0 Å². The molecule has 4 nitrogen and oxygen atoms in total. The minimum Gasteiger partial charge on any atom is -0.355 e. The van der Waals surface area contributed by atoms with Crippen molar-refractivity contribution in [2.75, 3.05) is 32.7 Å². The third-order valence-electron chi connectivity index (χ3n) is 2.68. The van der Waals surface area contributed by atoms with Crippen LogP contribution < -0.4 is 11.1 Å². The minimum atomic E-state index is 0.130. The molecule has 0 spiro atoms. The van der Waals surface area contributed by atoms with Crippen molar-refractivity contribution < 1.29 is 4.79 Å². The van der Waals surface area contributed by atoms with Crippen molar-refractivity contribution in [1.82, 2.24) is 10.2 Å². The minimum absolute atomic E-state index is 0.130. The van der Waals surface area contributed by atoms with Gasteiger partial charge in [0.05, 0.1) is 6.54 Å². The van der Waals surface area contributed by atoms with Gasteiger partial charge >= 0.3 is 0 Å². The number of hydrogen-bond acceptors (Lipinski definition) is 3. The summed E-state index contributed by atoms with van der Waals surface area (Å²) in [6.45, 7) is 5.95. The van der Waals surface area contributed by atoms with Gasteiger partial charge in [-0.2, -0.15) is 0 Å². The fraction of sp³-hybridized carbons (Fsp3) is 0.900. The fourth-order valence-corrected chi connectivity index (χ4v) is 1.94. The molecule has 1 rings (SSSR count). The van der Waals surface area contributed by atoms with E-state index in [4.69, 9.17) is 5.73 Å². The average Bonchev–Trinajstić information content (AvgIpc) is 2.18. The van der Waals surface area contributed by atoms with Gasteiger partial charge in [0.1, 0.15) is 0 Å². The van der Waals surface area contributed by atoms with Crippen LogP contribution in [0.15, 0.2) is 0 Å². The van der Waals surface area contributed by atoms with Gasteiger partial charge in [-0.25, -0.2) is 0 Å². The van der Waals surface area contributed by atoms with Gasteiger partial charge in [-0.05, 0) is 38.8 Å². The number of hydrogen-bond donors (Lipinski definition) is 2. The smallest absolute Gasteiger partial charge is 0.234 e. The molecule has 4 heteroatoms. The third kappa shape index (κ3) is 3.64. The lowest BCUT2D eigenvalue weighted by Crippen LogP contribution is -2.43. The second-order valence-corrected chi connectivity index (χ2v) is 3.93. The molecule has 0 bridgehead atoms. The van der Waals surface area contributed by atoms with Gasteiger partial charge in [-0.3, -0.25) is 9.69 Å². The molecule has 0 aromatic heterocycles. The Bertz CT molecular complexity index is 184. The van der Waals surface area contributed by atoms with Crippen LogP contribution in [0.5, 0.6) is 0 Å². The molecule has 1 aliphatic heterocycles. The van der Waals surface area contributed by atoms with E-state index >= 15 is 0 Å². The summed E-state index contributed by atoms with van der Waals surface area (Å²) in [5.41, 5.74) is 5.63. The Hall–Kier alpha value is -0.610. The molecule has 3 N–H and O–H groups in total. The molecule has 0 saturated carbocycles. The molecule has 0 aromatic rings. The summed E-state index contributed by atoms with van der Waals surface area (Å²) >= 11 is 0. The van der Waals surface area contributed by atoms with Crippen LogP contribution in [0.1, 0.15) is 19.8 Å². The highest BCUT2D eigenvalue weighted by atomic mass is 16.2. The highest BCUT2D eigenvalue weighted by molar-refractivity contribution is 5.77. The number of likely N-dealkylation sites (tertiary alicyclic amines) is 1. The Labute approximate surface area is 85.8 Å². The van der Waals surface area contributed by atoms with E-state index < -0.39 is 0 Å². The molecule has 1 unspecified atom stereocenters. The largest absolute Gasteiger partial charge is 0.355 e. The van der Waals surface area contributed by atoms with Gasteiger partial charge in [0.15, 0.2) is 0 Å². The SMILES string of the molecule is CCNC(=O)CN1CCCC(CN)C1. The standard InChI is InChI=1S/C10H21N3O/c1-2-12-10(14)8-13-5-3-4-9(6-11)7-13/h9H,2-8,11H2,1H3,(H,12,14). The van der Waals surface area contributed by atoms with Gasteiger partial charge < -0.3 is 11.1 Å². The third-order valence-corrected chi connectivity index (χ3v) is 2.68. The maximum atomic E-state index is 11.3. The molecule has 0 radical (unpaired) electrons. The molecule has 1 heterocycles. The fourth-order valence-electron chi connectivity index (χ4n) is 1.94. The van der Waals surface area contributed by atoms with E-state index in [-0.39, 0.29) is 5.91 Å². The summed E-state index contributed by atoms with van der Waals surface area (Å²) in [6, 6.07) is 0. The van der Waals surface area contributed by atoms with Crippen LogP contribution in [0.4, 0.5) is 0 Å². The second-order valence-electron chi connectivity index (χ2n) is 3.93. The molecule has 1 saturated heterocycles. The summed E-state index contributed by atoms with van der Waals surface area (Å²) in [5.74, 6) is 0.711. The maximum Gasteiger partial charge on any atom is 0.234 e. The monoisotopic (exact) mass is 199 g/mol. The molecule has 0 aromatic carbocycles. The zero-order valence-electron chi connectivity index (χ0n) is 8.96. The molecular weight excluding hydrogens is 178 g/mol. The molecular formula is C10H21N3O. The van der Waals surface area contributed by atoms with Gasteiger partial charge in [-0.15, -0.1) is 0 Å². The highest BCUT2D eigenvalue weighted by Gasteiger charge is 2.19. The van der Waals surface area contributed by atoms with Crippen molar-refractivity contribution in [2.45, 2.75) is 19.8 Å². The van der Waals surface area contributed by atoms with Crippen molar-refractivity contribution in [3.63, 3.8) is 0 Å². The lowest BCUT2D eigenvalue weighted by atomic mass is 9.98. The Morgan fingerprint density at radius 3 is 3.07 bits per heavy atom. The summed E-state index contributed by atoms with van der Waals surface area (Å²) in [5, 5.41) is 2.81. The molecule has 1 aliphatic rings. The first-order chi connectivity index (χ1) is 6.76. The first kappa shape index (κ1) is 11.5. The van der Waals surface area contributed by atoms with Crippen LogP contribution >= 0.6 is 0 Å². The molecule has 14 heavy (non-hydrogen) atoms. The molecule has 1 amide bonds. The predicted molar refractivity (Wildman–Crippen MR) is 56.9 cm³/mol. The van der Waals surface area contributed by atoms with Gasteiger partial charge in [0.25, 0.3) is 0 Å². The summed E-state index contributed by atoms with van der Waals surface area (Å²) in [6.07, 6.45) is 2.38. The van der Waals surface area contributed by atoms with E-state index in [1.165, 1.54) is 12.8 Å². The van der Waals surface area contributed by atoms with E-state index in [2.05, 4.69) is 10.2 Å². The summed E-state index contributed by atoms with van der Waals surface area (Å²) in [4.78, 5) is 13.5. The lowest BCUT2D eigenvalue weighted by Gasteiger charge is -2.31. The van der Waals surface area contributed by atoms with Crippen molar-refractivity contribution in [3.05, 3.63) is 0 Å². The van der Waals surface area contributed by atoms with Gasteiger partial charge in [0, 0.05) is 13.1 Å². The highest BCUT2D eigenvalue weighted by Crippen LogP contribution is 2.14. The zero-order chi connectivity index (χ0) is 10.4. The number of nitrogens with one attached hydrogen (secondary N) is 1. The van der Waals surface area contributed by atoms with Crippen LogP contribution in [0.2, 0.25) is 0 Å². The molecule has 1 atom stereocenters. The zero-order valence-corrected chi connectivity index (χ0v) is 8.96. The Morgan fingerprint density at radius 2 is 2.43 bits per heavy atom. The second kappa shape index (κ2) is 5.98. The van der Waals surface area contributed by atoms with Crippen molar-refractivity contribution in [2.24, 2.45) is 11.7 Å². The number of amides is 1. The normalized spacial score (nSPS) is 23.4. The molecule has 0 aliphatic carbocycles. The van der Waals surface area contributed by atoms with Crippen LogP contribution in [0.25, 0.3) is 0 Å². The van der Waals surface area contributed by atoms with Crippen LogP contribution in [0.3, 0.4) is 0 Å². The number of piperidine rings is 1. The Balaban J connectivity index is 2.26. The number of likely N-dealkylation sites (N-methyl/N-ethyl adjacent to an activating group) is 1. The van der Waals surface area contributed by atoms with E-state index in [1.54, 1.807) is 0 Å². The first-order valence-corrected chi connectivity index (χ1v) is 5.45. The first-order valence-electron chi connectivity index (χ1n) is 5.45. The Morgan fingerprint density at radius 1 is 1.64 bits per heavy atom. The maximum absolute atomic E-state index is 11.3. The summed E-state index contributed by atoms with van der Waals surface area (Å²) < 4.78 is 0. The topological polar surface area (TPSA) is 58.4 Å². The molecule has 82 valence electrons. The van der Waals surface area contributed by atoms with E-state index in [0.717, 1.165) is 19.6 Å². The summed E-state index contributed by atoms with van der Waals surface area (Å²) in [7, 11) is 0. The van der Waals surface area contributed by atoms with Crippen LogP contribution in [0, 0.1) is 5.92 Å². The predicted octanol–water partition coefficient (Wildman–Crippen LogP) is -0.207. The van der Waals surface area contributed by atoms with Crippen LogP contribution in [-0.2, 0) is 4.79 Å². The average molecular weight is 199 g/mol. The quantitative estimate of drug-likeness (QED) is 0.659. The Kier molecular flexibility index (Phi) is 4.90. The number of nitrogens with zero attached hydrogens (tertiary/aromatic N) is 1. The van der Waals surface area contributed by atoms with E-state index in [0.29, 0.717) is 19.0 Å². The van der Waals surface area contributed by atoms with E-state index in [1.807, 2.05) is 6.92 Å². The van der Waals surface area contributed by atoms with Crippen LogP contribution in [-0.4, -0.2) is 43.5 Å². The number of nitrogens with two attached hydrogens (primary N) is 1. The number of rotatable bonds is 4. The number of carbonyl (C=O) groups is 1. The van der Waals surface area contributed by atoms with Crippen molar-refractivity contribution >= 4 is 5.91 Å².